The maximum absolute atomic E-state index is 12.1. The highest BCUT2D eigenvalue weighted by molar-refractivity contribution is 6.09. The van der Waals surface area contributed by atoms with E-state index in [0.29, 0.717) is 12.1 Å². The summed E-state index contributed by atoms with van der Waals surface area (Å²) < 4.78 is 0. The van der Waals surface area contributed by atoms with Crippen LogP contribution in [0.2, 0.25) is 0 Å². The predicted molar refractivity (Wildman–Crippen MR) is 59.7 cm³/mol. The third kappa shape index (κ3) is 1.78. The molecule has 2 aromatic rings. The van der Waals surface area contributed by atoms with Crippen molar-refractivity contribution in [2.24, 2.45) is 0 Å². The Kier molecular flexibility index (Phi) is 2.66. The highest BCUT2D eigenvalue weighted by Gasteiger charge is 2.19. The smallest absolute Gasteiger partial charge is 0.323 e. The molecule has 6 nitrogen and oxygen atoms in total. The molecule has 86 valence electrons. The van der Waals surface area contributed by atoms with Gasteiger partial charge in [-0.05, 0) is 12.5 Å². The number of hydrogen-bond acceptors (Lipinski definition) is 3. The average Bonchev–Trinajstić information content (AvgIpc) is 2.93. The molecule has 0 fully saturated rings. The summed E-state index contributed by atoms with van der Waals surface area (Å²) in [4.78, 5) is 30.9. The van der Waals surface area contributed by atoms with Crippen LogP contribution in [-0.4, -0.2) is 20.7 Å². The van der Waals surface area contributed by atoms with Gasteiger partial charge in [-0.25, -0.2) is 4.79 Å². The number of carbonyl (C=O) groups excluding carboxylic acids is 1. The molecule has 0 aromatic carbocycles. The number of hydrogen-bond donors (Lipinski definition) is 3. The van der Waals surface area contributed by atoms with Crippen molar-refractivity contribution in [2.75, 3.05) is 0 Å². The summed E-state index contributed by atoms with van der Waals surface area (Å²) >= 11 is 0. The minimum atomic E-state index is -0.417. The van der Waals surface area contributed by atoms with E-state index < -0.39 is 5.69 Å². The molecule has 2 aromatic heterocycles. The number of aromatic nitrogens is 3. The molecule has 0 radical (unpaired) electrons. The summed E-state index contributed by atoms with van der Waals surface area (Å²) in [6, 6.07) is 3.41. The first-order chi connectivity index (χ1) is 8.17. The molecule has 0 aliphatic carbocycles. The van der Waals surface area contributed by atoms with Gasteiger partial charge in [0.2, 0.25) is 5.78 Å². The molecule has 0 spiro atoms. The average molecular weight is 230 g/mol. The summed E-state index contributed by atoms with van der Waals surface area (Å²) in [7, 11) is 0. The van der Waals surface area contributed by atoms with Gasteiger partial charge in [-0.2, -0.15) is 5.26 Å². The van der Waals surface area contributed by atoms with Gasteiger partial charge in [-0.1, -0.05) is 6.92 Å². The van der Waals surface area contributed by atoms with Crippen LogP contribution in [0.15, 0.2) is 17.1 Å². The molecule has 3 N–H and O–H groups in total. The molecule has 0 unspecified atom stereocenters. The molecule has 0 bridgehead atoms. The van der Waals surface area contributed by atoms with Crippen LogP contribution >= 0.6 is 0 Å². The largest absolute Gasteiger partial charge is 0.353 e. The third-order valence-corrected chi connectivity index (χ3v) is 2.49. The van der Waals surface area contributed by atoms with Gasteiger partial charge in [-0.15, -0.1) is 0 Å². The zero-order valence-electron chi connectivity index (χ0n) is 9.13. The van der Waals surface area contributed by atoms with Crippen molar-refractivity contribution in [3.8, 4) is 6.07 Å². The first kappa shape index (κ1) is 11.0. The Morgan fingerprint density at radius 1 is 1.47 bits per heavy atom. The second-order valence-corrected chi connectivity index (χ2v) is 3.49. The van der Waals surface area contributed by atoms with Crippen LogP contribution in [0.1, 0.15) is 34.4 Å². The van der Waals surface area contributed by atoms with Crippen LogP contribution in [0.3, 0.4) is 0 Å². The quantitative estimate of drug-likeness (QED) is 0.675. The number of nitrogens with one attached hydrogen (secondary N) is 3. The lowest BCUT2D eigenvalue weighted by atomic mass is 10.1. The molecule has 17 heavy (non-hydrogen) atoms. The molecule has 0 saturated carbocycles. The monoisotopic (exact) mass is 230 g/mol. The number of carbonyl (C=O) groups is 1. The molecule has 2 rings (SSSR count). The normalized spacial score (nSPS) is 10.1. The van der Waals surface area contributed by atoms with Gasteiger partial charge in [0.15, 0.2) is 0 Å². The molecule has 0 atom stereocenters. The van der Waals surface area contributed by atoms with Crippen LogP contribution in [0.5, 0.6) is 0 Å². The summed E-state index contributed by atoms with van der Waals surface area (Å²) in [6.45, 7) is 1.83. The van der Waals surface area contributed by atoms with Crippen LogP contribution in [0, 0.1) is 11.3 Å². The standard InChI is InChI=1S/C11H10N4O2/c1-2-7-9(15-11(17)14-7)10(16)6-3-4-13-8(6)5-12/h3-4,13H,2H2,1H3,(H2,14,15,17). The SMILES string of the molecule is CCc1[nH]c(=O)[nH]c1C(=O)c1cc[nH]c1C#N. The highest BCUT2D eigenvalue weighted by atomic mass is 16.1. The lowest BCUT2D eigenvalue weighted by Crippen LogP contribution is -2.07. The Morgan fingerprint density at radius 3 is 2.88 bits per heavy atom. The fourth-order valence-corrected chi connectivity index (χ4v) is 1.66. The Morgan fingerprint density at radius 2 is 2.24 bits per heavy atom. The first-order valence-electron chi connectivity index (χ1n) is 5.10. The fraction of sp³-hybridized carbons (Fsp3) is 0.182. The summed E-state index contributed by atoms with van der Waals surface area (Å²) in [6.07, 6.45) is 2.05. The van der Waals surface area contributed by atoms with E-state index >= 15 is 0 Å². The molecule has 2 heterocycles. The van der Waals surface area contributed by atoms with E-state index in [1.165, 1.54) is 12.3 Å². The van der Waals surface area contributed by atoms with Gasteiger partial charge < -0.3 is 15.0 Å². The first-order valence-corrected chi connectivity index (χ1v) is 5.10. The van der Waals surface area contributed by atoms with Gasteiger partial charge >= 0.3 is 5.69 Å². The van der Waals surface area contributed by atoms with Crippen molar-refractivity contribution in [2.45, 2.75) is 13.3 Å². The summed E-state index contributed by atoms with van der Waals surface area (Å²) in [5.74, 6) is -0.363. The van der Waals surface area contributed by atoms with E-state index in [-0.39, 0.29) is 22.7 Å². The Bertz CT molecular complexity index is 654. The van der Waals surface area contributed by atoms with E-state index in [4.69, 9.17) is 5.26 Å². The van der Waals surface area contributed by atoms with Crippen molar-refractivity contribution >= 4 is 5.78 Å². The molecule has 0 aliphatic heterocycles. The van der Waals surface area contributed by atoms with Gasteiger partial charge in [0.25, 0.3) is 0 Å². The fourth-order valence-electron chi connectivity index (χ4n) is 1.66. The van der Waals surface area contributed by atoms with Crippen molar-refractivity contribution in [1.82, 2.24) is 15.0 Å². The molecular weight excluding hydrogens is 220 g/mol. The van der Waals surface area contributed by atoms with Crippen molar-refractivity contribution in [3.63, 3.8) is 0 Å². The number of aryl methyl sites for hydroxylation is 1. The number of rotatable bonds is 3. The molecule has 0 aliphatic rings. The second kappa shape index (κ2) is 4.14. The zero-order chi connectivity index (χ0) is 12.4. The van der Waals surface area contributed by atoms with E-state index in [1.54, 1.807) is 0 Å². The lowest BCUT2D eigenvalue weighted by molar-refractivity contribution is 0.103. The predicted octanol–water partition coefficient (Wildman–Crippen LogP) is 0.696. The number of H-pyrrole nitrogens is 3. The van der Waals surface area contributed by atoms with Crippen LogP contribution < -0.4 is 5.69 Å². The molecule has 0 saturated heterocycles. The van der Waals surface area contributed by atoms with Crippen molar-refractivity contribution < 1.29 is 4.79 Å². The Hall–Kier alpha value is -2.55. The maximum Gasteiger partial charge on any atom is 0.323 e. The zero-order valence-corrected chi connectivity index (χ0v) is 9.13. The van der Waals surface area contributed by atoms with Crippen molar-refractivity contribution in [3.05, 3.63) is 45.4 Å². The number of nitrogens with zero attached hydrogens (tertiary/aromatic N) is 1. The minimum Gasteiger partial charge on any atom is -0.353 e. The second-order valence-electron chi connectivity index (χ2n) is 3.49. The number of imidazole rings is 1. The van der Waals surface area contributed by atoms with E-state index in [9.17, 15) is 9.59 Å². The Balaban J connectivity index is 2.51. The number of aromatic amines is 3. The van der Waals surface area contributed by atoms with Crippen LogP contribution in [0.4, 0.5) is 0 Å². The number of ketones is 1. The maximum atomic E-state index is 12.1. The van der Waals surface area contributed by atoms with Crippen LogP contribution in [0.25, 0.3) is 0 Å². The van der Waals surface area contributed by atoms with Gasteiger partial charge in [0.1, 0.15) is 17.5 Å². The summed E-state index contributed by atoms with van der Waals surface area (Å²) in [5.41, 5.74) is 0.800. The van der Waals surface area contributed by atoms with Gasteiger partial charge in [0.05, 0.1) is 5.56 Å². The van der Waals surface area contributed by atoms with Gasteiger partial charge in [-0.3, -0.25) is 4.79 Å². The highest BCUT2D eigenvalue weighted by Crippen LogP contribution is 2.13. The third-order valence-electron chi connectivity index (χ3n) is 2.49. The molecule has 6 heteroatoms. The van der Waals surface area contributed by atoms with E-state index in [2.05, 4.69) is 15.0 Å². The van der Waals surface area contributed by atoms with E-state index in [1.807, 2.05) is 13.0 Å². The van der Waals surface area contributed by atoms with Gasteiger partial charge in [0, 0.05) is 11.9 Å². The number of nitriles is 1. The minimum absolute atomic E-state index is 0.194. The van der Waals surface area contributed by atoms with E-state index in [0.717, 1.165) is 0 Å². The van der Waals surface area contributed by atoms with Crippen molar-refractivity contribution in [1.29, 1.82) is 5.26 Å². The molecular formula is C11H10N4O2. The lowest BCUT2D eigenvalue weighted by Gasteiger charge is -1.98. The van der Waals surface area contributed by atoms with Crippen LogP contribution in [-0.2, 0) is 6.42 Å². The molecule has 0 amide bonds. The Labute approximate surface area is 96.3 Å². The summed E-state index contributed by atoms with van der Waals surface area (Å²) in [5, 5.41) is 8.82. The topological polar surface area (TPSA) is 105 Å².